The van der Waals surface area contributed by atoms with Crippen LogP contribution in [0.3, 0.4) is 0 Å². The van der Waals surface area contributed by atoms with Crippen LogP contribution in [0.5, 0.6) is 0 Å². The summed E-state index contributed by atoms with van der Waals surface area (Å²) in [5.74, 6) is -0.302. The van der Waals surface area contributed by atoms with Crippen molar-refractivity contribution in [3.05, 3.63) is 45.1 Å². The summed E-state index contributed by atoms with van der Waals surface area (Å²) in [5.41, 5.74) is 0.711. The van der Waals surface area contributed by atoms with Crippen LogP contribution in [0.25, 0.3) is 0 Å². The van der Waals surface area contributed by atoms with Crippen molar-refractivity contribution in [1.29, 1.82) is 0 Å². The molecule has 0 spiro atoms. The summed E-state index contributed by atoms with van der Waals surface area (Å²) >= 11 is 12.4. The average molecular weight is 340 g/mol. The molecule has 1 N–H and O–H groups in total. The molecule has 0 aromatic heterocycles. The third-order valence-corrected chi connectivity index (χ3v) is 4.13. The molecule has 1 aliphatic carbocycles. The van der Waals surface area contributed by atoms with E-state index in [1.807, 2.05) is 20.8 Å². The fourth-order valence-corrected chi connectivity index (χ4v) is 3.13. The van der Waals surface area contributed by atoms with E-state index in [-0.39, 0.29) is 35.0 Å². The molecule has 118 valence electrons. The van der Waals surface area contributed by atoms with Gasteiger partial charge < -0.3 is 5.11 Å². The maximum absolute atomic E-state index is 12.3. The number of Topliss-reactive ketones (excluding diaryl/α,β-unsaturated/α-hetero) is 1. The normalized spacial score (nSPS) is 20.0. The molecule has 0 bridgehead atoms. The molecule has 0 saturated carbocycles. The lowest BCUT2D eigenvalue weighted by atomic mass is 9.83. The summed E-state index contributed by atoms with van der Waals surface area (Å²) in [5, 5.41) is 11.3. The number of aliphatic hydroxyl groups is 1. The number of nitrogens with zero attached hydrogens (tertiary/aromatic N) is 1. The SMILES string of the molecule is CC(C)(C)N=CC1=C(O)CC(c2c(Cl)cccc2Cl)CC1=O. The van der Waals surface area contributed by atoms with Crippen LogP contribution in [0.4, 0.5) is 0 Å². The fraction of sp³-hybridized carbons (Fsp3) is 0.412. The molecule has 1 unspecified atom stereocenters. The molecule has 0 saturated heterocycles. The first-order chi connectivity index (χ1) is 10.2. The molecule has 22 heavy (non-hydrogen) atoms. The highest BCUT2D eigenvalue weighted by atomic mass is 35.5. The number of halogens is 2. The van der Waals surface area contributed by atoms with Crippen molar-refractivity contribution in [3.8, 4) is 0 Å². The van der Waals surface area contributed by atoms with Gasteiger partial charge in [0, 0.05) is 35.0 Å². The third-order valence-electron chi connectivity index (χ3n) is 3.47. The third kappa shape index (κ3) is 3.90. The predicted molar refractivity (Wildman–Crippen MR) is 91.3 cm³/mol. The Bertz CT molecular complexity index is 637. The maximum Gasteiger partial charge on any atom is 0.168 e. The van der Waals surface area contributed by atoms with E-state index in [9.17, 15) is 9.90 Å². The minimum Gasteiger partial charge on any atom is -0.511 e. The summed E-state index contributed by atoms with van der Waals surface area (Å²) in [7, 11) is 0. The van der Waals surface area contributed by atoms with Crippen molar-refractivity contribution < 1.29 is 9.90 Å². The Hall–Kier alpha value is -1.32. The largest absolute Gasteiger partial charge is 0.511 e. The number of hydrogen-bond donors (Lipinski definition) is 1. The van der Waals surface area contributed by atoms with Crippen LogP contribution in [0.15, 0.2) is 34.5 Å². The zero-order valence-electron chi connectivity index (χ0n) is 12.9. The highest BCUT2D eigenvalue weighted by molar-refractivity contribution is 6.36. The summed E-state index contributed by atoms with van der Waals surface area (Å²) in [6, 6.07) is 5.24. The summed E-state index contributed by atoms with van der Waals surface area (Å²) in [4.78, 5) is 16.6. The summed E-state index contributed by atoms with van der Waals surface area (Å²) in [6.45, 7) is 5.79. The molecule has 0 heterocycles. The molecule has 2 rings (SSSR count). The van der Waals surface area contributed by atoms with Gasteiger partial charge in [0.1, 0.15) is 5.76 Å². The van der Waals surface area contributed by atoms with Crippen LogP contribution < -0.4 is 0 Å². The van der Waals surface area contributed by atoms with Gasteiger partial charge in [-0.3, -0.25) is 9.79 Å². The molecule has 0 amide bonds. The van der Waals surface area contributed by atoms with Gasteiger partial charge in [-0.2, -0.15) is 0 Å². The number of rotatable bonds is 2. The Morgan fingerprint density at radius 2 is 1.82 bits per heavy atom. The number of hydrogen-bond acceptors (Lipinski definition) is 3. The van der Waals surface area contributed by atoms with Gasteiger partial charge in [0.2, 0.25) is 0 Å². The molecule has 1 aromatic rings. The van der Waals surface area contributed by atoms with Crippen LogP contribution in [0.2, 0.25) is 10.0 Å². The number of benzene rings is 1. The lowest BCUT2D eigenvalue weighted by molar-refractivity contribution is -0.116. The van der Waals surface area contributed by atoms with Crippen molar-refractivity contribution in [1.82, 2.24) is 0 Å². The fourth-order valence-electron chi connectivity index (χ4n) is 2.42. The average Bonchev–Trinajstić information content (AvgIpc) is 2.36. The second-order valence-electron chi connectivity index (χ2n) is 6.45. The molecule has 0 aliphatic heterocycles. The van der Waals surface area contributed by atoms with Crippen molar-refractivity contribution in [2.24, 2.45) is 4.99 Å². The summed E-state index contributed by atoms with van der Waals surface area (Å²) < 4.78 is 0. The van der Waals surface area contributed by atoms with E-state index in [1.54, 1.807) is 18.2 Å². The molecular formula is C17H19Cl2NO2. The van der Waals surface area contributed by atoms with Crippen molar-refractivity contribution in [2.45, 2.75) is 45.1 Å². The molecule has 1 atom stereocenters. The van der Waals surface area contributed by atoms with E-state index >= 15 is 0 Å². The van der Waals surface area contributed by atoms with Crippen LogP contribution in [0.1, 0.15) is 45.1 Å². The van der Waals surface area contributed by atoms with Gasteiger partial charge in [0.05, 0.1) is 11.1 Å². The molecule has 0 radical (unpaired) electrons. The van der Waals surface area contributed by atoms with E-state index in [1.165, 1.54) is 6.21 Å². The number of ketones is 1. The van der Waals surface area contributed by atoms with Gasteiger partial charge in [-0.15, -0.1) is 0 Å². The molecule has 5 heteroatoms. The molecule has 0 fully saturated rings. The Balaban J connectivity index is 2.32. The van der Waals surface area contributed by atoms with E-state index in [4.69, 9.17) is 23.2 Å². The lowest BCUT2D eigenvalue weighted by Crippen LogP contribution is -2.21. The van der Waals surface area contributed by atoms with E-state index < -0.39 is 0 Å². The van der Waals surface area contributed by atoms with E-state index in [0.717, 1.165) is 5.56 Å². The zero-order chi connectivity index (χ0) is 16.5. The Morgan fingerprint density at radius 1 is 1.23 bits per heavy atom. The Labute approximate surface area is 140 Å². The number of carbonyl (C=O) groups excluding carboxylic acids is 1. The first-order valence-electron chi connectivity index (χ1n) is 7.13. The van der Waals surface area contributed by atoms with Crippen LogP contribution >= 0.6 is 23.2 Å². The highest BCUT2D eigenvalue weighted by Gasteiger charge is 2.30. The quantitative estimate of drug-likeness (QED) is 0.760. The minimum absolute atomic E-state index is 0.0465. The summed E-state index contributed by atoms with van der Waals surface area (Å²) in [6.07, 6.45) is 2.07. The van der Waals surface area contributed by atoms with Gasteiger partial charge in [-0.05, 0) is 38.5 Å². The first-order valence-corrected chi connectivity index (χ1v) is 7.89. The Morgan fingerprint density at radius 3 is 2.32 bits per heavy atom. The van der Waals surface area contributed by atoms with Crippen molar-refractivity contribution in [2.75, 3.05) is 0 Å². The van der Waals surface area contributed by atoms with Gasteiger partial charge >= 0.3 is 0 Å². The van der Waals surface area contributed by atoms with Gasteiger partial charge in [0.15, 0.2) is 5.78 Å². The smallest absolute Gasteiger partial charge is 0.168 e. The van der Waals surface area contributed by atoms with E-state index in [2.05, 4.69) is 4.99 Å². The standard InChI is InChI=1S/C17H19Cl2NO2/c1-17(2,3)20-9-11-14(21)7-10(8-15(11)22)16-12(18)5-4-6-13(16)19/h4-6,9-10,21H,7-8H2,1-3H3. The maximum atomic E-state index is 12.3. The topological polar surface area (TPSA) is 49.7 Å². The number of aliphatic imine (C=N–C) groups is 1. The van der Waals surface area contributed by atoms with Gasteiger partial charge in [-0.25, -0.2) is 0 Å². The minimum atomic E-state index is -0.295. The Kier molecular flexibility index (Phi) is 4.98. The number of carbonyl (C=O) groups is 1. The van der Waals surface area contributed by atoms with Crippen LogP contribution in [0, 0.1) is 0 Å². The number of allylic oxidation sites excluding steroid dienone is 2. The second-order valence-corrected chi connectivity index (χ2v) is 7.27. The van der Waals surface area contributed by atoms with Crippen LogP contribution in [-0.4, -0.2) is 22.6 Å². The van der Waals surface area contributed by atoms with E-state index in [0.29, 0.717) is 16.5 Å². The highest BCUT2D eigenvalue weighted by Crippen LogP contribution is 2.40. The second kappa shape index (κ2) is 6.43. The van der Waals surface area contributed by atoms with Crippen LogP contribution in [-0.2, 0) is 4.79 Å². The zero-order valence-corrected chi connectivity index (χ0v) is 14.4. The lowest BCUT2D eigenvalue weighted by Gasteiger charge is -2.24. The van der Waals surface area contributed by atoms with Crippen molar-refractivity contribution >= 4 is 35.2 Å². The first kappa shape index (κ1) is 17.0. The molecule has 1 aromatic carbocycles. The number of aliphatic hydroxyl groups excluding tert-OH is 1. The molecule has 1 aliphatic rings. The molecule has 3 nitrogen and oxygen atoms in total. The predicted octanol–water partition coefficient (Wildman–Crippen LogP) is 5.12. The molecular weight excluding hydrogens is 321 g/mol. The monoisotopic (exact) mass is 339 g/mol. The van der Waals surface area contributed by atoms with Crippen molar-refractivity contribution in [3.63, 3.8) is 0 Å². The van der Waals surface area contributed by atoms with Gasteiger partial charge in [0.25, 0.3) is 0 Å². The van der Waals surface area contributed by atoms with Gasteiger partial charge in [-0.1, -0.05) is 29.3 Å².